The maximum atomic E-state index is 13.0. The lowest BCUT2D eigenvalue weighted by atomic mass is 10.1. The number of halogens is 1. The number of ether oxygens (including phenoxy) is 1. The summed E-state index contributed by atoms with van der Waals surface area (Å²) in [4.78, 5) is 39.8. The van der Waals surface area contributed by atoms with E-state index in [0.717, 1.165) is 25.3 Å². The molecule has 2 aliphatic heterocycles. The van der Waals surface area contributed by atoms with Crippen molar-refractivity contribution in [1.29, 1.82) is 0 Å². The van der Waals surface area contributed by atoms with Gasteiger partial charge in [-0.25, -0.2) is 0 Å². The van der Waals surface area contributed by atoms with Crippen LogP contribution in [0.25, 0.3) is 0 Å². The molecule has 10 nitrogen and oxygen atoms in total. The zero-order chi connectivity index (χ0) is 23.4. The van der Waals surface area contributed by atoms with E-state index in [4.69, 9.17) is 16.6 Å². The van der Waals surface area contributed by atoms with Crippen molar-refractivity contribution in [2.24, 2.45) is 0 Å². The van der Waals surface area contributed by atoms with Crippen LogP contribution in [0.3, 0.4) is 0 Å². The highest BCUT2D eigenvalue weighted by molar-refractivity contribution is 6.10. The molecule has 1 atom stereocenters. The summed E-state index contributed by atoms with van der Waals surface area (Å²) >= 11 is 5.44. The molecule has 1 N–H and O–H groups in total. The number of hydrogen-bond acceptors (Lipinski definition) is 7. The minimum atomic E-state index is -0.716. The average Bonchev–Trinajstić information content (AvgIpc) is 2.84. The normalized spacial score (nSPS) is 17.5. The summed E-state index contributed by atoms with van der Waals surface area (Å²) in [6, 6.07) is 11.0. The highest BCUT2D eigenvalue weighted by Gasteiger charge is 2.34. The lowest BCUT2D eigenvalue weighted by Gasteiger charge is -2.38. The van der Waals surface area contributed by atoms with Crippen molar-refractivity contribution < 1.29 is 23.5 Å². The van der Waals surface area contributed by atoms with Crippen molar-refractivity contribution in [2.45, 2.75) is 25.4 Å². The number of anilines is 2. The molecule has 174 valence electrons. The Morgan fingerprint density at radius 2 is 1.94 bits per heavy atom. The van der Waals surface area contributed by atoms with Gasteiger partial charge in [0.25, 0.3) is 11.6 Å². The Morgan fingerprint density at radius 3 is 2.67 bits per heavy atom. The molecule has 2 aromatic rings. The van der Waals surface area contributed by atoms with Gasteiger partial charge < -0.3 is 24.1 Å². The zero-order valence-corrected chi connectivity index (χ0v) is 18.5. The van der Waals surface area contributed by atoms with Gasteiger partial charge >= 0.3 is 0 Å². The van der Waals surface area contributed by atoms with Crippen LogP contribution in [0, 0.1) is 10.1 Å². The molecule has 2 aromatic carbocycles. The van der Waals surface area contributed by atoms with Crippen LogP contribution in [0.1, 0.15) is 19.3 Å². The molecule has 2 aliphatic rings. The molecule has 0 saturated carbocycles. The predicted octanol–water partition coefficient (Wildman–Crippen LogP) is 3.35. The van der Waals surface area contributed by atoms with Gasteiger partial charge in [-0.2, -0.15) is 0 Å². The molecule has 0 bridgehead atoms. The summed E-state index contributed by atoms with van der Waals surface area (Å²) < 4.78 is 10.7. The van der Waals surface area contributed by atoms with Gasteiger partial charge in [0.05, 0.1) is 35.5 Å². The molecule has 0 aliphatic carbocycles. The number of piperidine rings is 1. The summed E-state index contributed by atoms with van der Waals surface area (Å²) in [6.07, 6.45) is 2.34. The number of para-hydroxylation sites is 2. The first kappa shape index (κ1) is 22.7. The molecule has 0 aromatic heterocycles. The Morgan fingerprint density at radius 1 is 1.18 bits per heavy atom. The van der Waals surface area contributed by atoms with Gasteiger partial charge in [0.15, 0.2) is 11.9 Å². The third kappa shape index (κ3) is 5.11. The smallest absolute Gasteiger partial charge is 0.273 e. The number of rotatable bonds is 6. The van der Waals surface area contributed by atoms with Crippen LogP contribution in [0.2, 0.25) is 0 Å². The molecule has 2 heterocycles. The molecule has 2 amide bonds. The van der Waals surface area contributed by atoms with Crippen molar-refractivity contribution in [3.8, 4) is 11.5 Å². The maximum absolute atomic E-state index is 13.0. The summed E-state index contributed by atoms with van der Waals surface area (Å²) in [5, 5.41) is 13.6. The molecule has 1 fully saturated rings. The number of likely N-dealkylation sites (tertiary alicyclic amines) is 1. The van der Waals surface area contributed by atoms with E-state index in [1.54, 1.807) is 11.0 Å². The molecular weight excluding hydrogens is 452 g/mol. The largest absolute Gasteiger partial charge is 0.477 e. The average molecular weight is 475 g/mol. The fraction of sp³-hybridized carbons (Fsp3) is 0.364. The van der Waals surface area contributed by atoms with Gasteiger partial charge in [0.2, 0.25) is 5.91 Å². The summed E-state index contributed by atoms with van der Waals surface area (Å²) in [6.45, 7) is 1.58. The molecule has 0 radical (unpaired) electrons. The Balaban J connectivity index is 1.49. The third-order valence-corrected chi connectivity index (χ3v) is 5.84. The number of non-ortho nitro benzene ring substituents is 1. The Hall–Kier alpha value is -3.53. The number of amides is 2. The lowest BCUT2D eigenvalue weighted by Crippen LogP contribution is -2.52. The third-order valence-electron chi connectivity index (χ3n) is 5.67. The molecular formula is C22H23ClN4O6. The Labute approximate surface area is 195 Å². The fourth-order valence-corrected chi connectivity index (χ4v) is 4.19. The number of hydrogen-bond donors (Lipinski definition) is 1. The SMILES string of the molecule is O=C(CN1CC(C(=O)N2CCCCC2)Oc2ccccc21)Nc1ccc([N+](=O)[O-])cc1OCl. The van der Waals surface area contributed by atoms with Crippen LogP contribution in [-0.4, -0.2) is 53.9 Å². The minimum Gasteiger partial charge on any atom is -0.477 e. The van der Waals surface area contributed by atoms with E-state index in [2.05, 4.69) is 9.61 Å². The number of benzene rings is 2. The summed E-state index contributed by atoms with van der Waals surface area (Å²) in [7, 11) is 0. The number of nitrogens with zero attached hydrogens (tertiary/aromatic N) is 3. The van der Waals surface area contributed by atoms with Crippen molar-refractivity contribution >= 4 is 40.7 Å². The van der Waals surface area contributed by atoms with Crippen LogP contribution in [0.5, 0.6) is 11.5 Å². The van der Waals surface area contributed by atoms with Gasteiger partial charge in [0.1, 0.15) is 17.6 Å². The predicted molar refractivity (Wildman–Crippen MR) is 122 cm³/mol. The van der Waals surface area contributed by atoms with Crippen molar-refractivity contribution in [1.82, 2.24) is 4.90 Å². The monoisotopic (exact) mass is 474 g/mol. The number of carbonyl (C=O) groups excluding carboxylic acids is 2. The second-order valence-electron chi connectivity index (χ2n) is 7.90. The molecule has 4 rings (SSSR count). The van der Waals surface area contributed by atoms with Crippen molar-refractivity contribution in [3.63, 3.8) is 0 Å². The minimum absolute atomic E-state index is 0.0419. The first-order valence-electron chi connectivity index (χ1n) is 10.6. The highest BCUT2D eigenvalue weighted by atomic mass is 35.5. The quantitative estimate of drug-likeness (QED) is 0.504. The van der Waals surface area contributed by atoms with E-state index < -0.39 is 16.9 Å². The number of nitro groups is 1. The van der Waals surface area contributed by atoms with Gasteiger partial charge in [-0.1, -0.05) is 12.1 Å². The van der Waals surface area contributed by atoms with Gasteiger partial charge in [0, 0.05) is 19.2 Å². The number of fused-ring (bicyclic) bond motifs is 1. The number of carbonyl (C=O) groups is 2. The second-order valence-corrected chi connectivity index (χ2v) is 8.06. The van der Waals surface area contributed by atoms with E-state index in [-0.39, 0.29) is 36.1 Å². The summed E-state index contributed by atoms with van der Waals surface area (Å²) in [5.41, 5.74) is 0.681. The lowest BCUT2D eigenvalue weighted by molar-refractivity contribution is -0.384. The van der Waals surface area contributed by atoms with Crippen molar-refractivity contribution in [2.75, 3.05) is 36.4 Å². The maximum Gasteiger partial charge on any atom is 0.273 e. The Kier molecular flexibility index (Phi) is 6.83. The second kappa shape index (κ2) is 9.95. The van der Waals surface area contributed by atoms with Crippen LogP contribution in [0.4, 0.5) is 17.1 Å². The Bertz CT molecular complexity index is 1060. The van der Waals surface area contributed by atoms with Crippen LogP contribution < -0.4 is 19.2 Å². The molecule has 11 heteroatoms. The highest BCUT2D eigenvalue weighted by Crippen LogP contribution is 2.34. The number of nitro benzene ring substituents is 1. The first-order valence-corrected chi connectivity index (χ1v) is 10.9. The zero-order valence-electron chi connectivity index (χ0n) is 17.7. The molecule has 1 saturated heterocycles. The van der Waals surface area contributed by atoms with Crippen LogP contribution in [-0.2, 0) is 9.59 Å². The van der Waals surface area contributed by atoms with E-state index in [0.29, 0.717) is 24.5 Å². The van der Waals surface area contributed by atoms with Gasteiger partial charge in [-0.3, -0.25) is 19.7 Å². The molecule has 0 spiro atoms. The van der Waals surface area contributed by atoms with E-state index >= 15 is 0 Å². The van der Waals surface area contributed by atoms with Crippen LogP contribution >= 0.6 is 11.9 Å². The fourth-order valence-electron chi connectivity index (χ4n) is 4.06. The summed E-state index contributed by atoms with van der Waals surface area (Å²) in [5.74, 6) is 0.00859. The topological polar surface area (TPSA) is 114 Å². The number of nitrogens with one attached hydrogen (secondary N) is 1. The van der Waals surface area contributed by atoms with Gasteiger partial charge in [-0.15, -0.1) is 0 Å². The van der Waals surface area contributed by atoms with Gasteiger partial charge in [-0.05, 0) is 37.5 Å². The van der Waals surface area contributed by atoms with Crippen LogP contribution in [0.15, 0.2) is 42.5 Å². The first-order chi connectivity index (χ1) is 16.0. The van der Waals surface area contributed by atoms with E-state index in [1.165, 1.54) is 12.1 Å². The standard InChI is InChI=1S/C22H23ClN4O6/c23-33-19-12-15(27(30)31)8-9-16(19)24-21(28)14-26-13-20(22(29)25-10-4-1-5-11-25)32-18-7-3-2-6-17(18)26/h2-3,6-9,12,20H,1,4-5,10-11,13-14H2,(H,24,28). The van der Waals surface area contributed by atoms with E-state index in [1.807, 2.05) is 23.1 Å². The molecule has 33 heavy (non-hydrogen) atoms. The van der Waals surface area contributed by atoms with Crippen molar-refractivity contribution in [3.05, 3.63) is 52.6 Å². The molecule has 1 unspecified atom stereocenters. The van der Waals surface area contributed by atoms with E-state index in [9.17, 15) is 19.7 Å².